The number of hydrogen-bond acceptors (Lipinski definition) is 2. The minimum absolute atomic E-state index is 0.988. The van der Waals surface area contributed by atoms with E-state index in [0.29, 0.717) is 0 Å². The lowest BCUT2D eigenvalue weighted by atomic mass is 9.89. The van der Waals surface area contributed by atoms with E-state index in [2.05, 4.69) is 17.1 Å². The fourth-order valence-corrected chi connectivity index (χ4v) is 2.62. The Labute approximate surface area is 95.4 Å². The largest absolute Gasteiger partial charge is 0.318 e. The summed E-state index contributed by atoms with van der Waals surface area (Å²) >= 11 is 0. The van der Waals surface area contributed by atoms with Gasteiger partial charge in [0.05, 0.1) is 0 Å². The molecule has 2 nitrogen and oxygen atoms in total. The second-order valence-corrected chi connectivity index (χ2v) is 4.91. The molecule has 0 atom stereocenters. The Balaban J connectivity index is 2.21. The highest BCUT2D eigenvalue weighted by molar-refractivity contribution is 4.70. The SMILES string of the molecule is CCCN(CCNC)CC1CCCCC1. The molecule has 1 aliphatic carbocycles. The fourth-order valence-electron chi connectivity index (χ4n) is 2.62. The molecule has 0 bridgehead atoms. The molecule has 1 fully saturated rings. The van der Waals surface area contributed by atoms with Crippen LogP contribution in [-0.4, -0.2) is 38.1 Å². The predicted octanol–water partition coefficient (Wildman–Crippen LogP) is 2.50. The van der Waals surface area contributed by atoms with Crippen molar-refractivity contribution in [1.29, 1.82) is 0 Å². The molecule has 0 aromatic carbocycles. The minimum Gasteiger partial charge on any atom is -0.318 e. The zero-order chi connectivity index (χ0) is 10.9. The van der Waals surface area contributed by atoms with E-state index in [1.54, 1.807) is 0 Å². The van der Waals surface area contributed by atoms with E-state index in [9.17, 15) is 0 Å². The Morgan fingerprint density at radius 2 is 1.87 bits per heavy atom. The second kappa shape index (κ2) is 8.12. The van der Waals surface area contributed by atoms with Crippen LogP contribution in [0.15, 0.2) is 0 Å². The molecule has 1 saturated carbocycles. The normalized spacial score (nSPS) is 18.6. The van der Waals surface area contributed by atoms with Gasteiger partial charge in [0.15, 0.2) is 0 Å². The van der Waals surface area contributed by atoms with E-state index < -0.39 is 0 Å². The molecule has 0 aromatic rings. The molecule has 0 saturated heterocycles. The Hall–Kier alpha value is -0.0800. The third kappa shape index (κ3) is 5.53. The van der Waals surface area contributed by atoms with E-state index in [-0.39, 0.29) is 0 Å². The van der Waals surface area contributed by atoms with Gasteiger partial charge in [0.25, 0.3) is 0 Å². The Kier molecular flexibility index (Phi) is 7.03. The fraction of sp³-hybridized carbons (Fsp3) is 1.00. The quantitative estimate of drug-likeness (QED) is 0.697. The van der Waals surface area contributed by atoms with Crippen molar-refractivity contribution in [3.63, 3.8) is 0 Å². The van der Waals surface area contributed by atoms with Crippen molar-refractivity contribution in [2.24, 2.45) is 5.92 Å². The summed E-state index contributed by atoms with van der Waals surface area (Å²) in [5, 5.41) is 3.25. The molecular formula is C13H28N2. The molecular weight excluding hydrogens is 184 g/mol. The summed E-state index contributed by atoms with van der Waals surface area (Å²) in [6, 6.07) is 0. The summed E-state index contributed by atoms with van der Waals surface area (Å²) in [5.41, 5.74) is 0. The third-order valence-electron chi connectivity index (χ3n) is 3.46. The van der Waals surface area contributed by atoms with Gasteiger partial charge in [0, 0.05) is 19.6 Å². The van der Waals surface area contributed by atoms with Gasteiger partial charge in [-0.1, -0.05) is 26.2 Å². The maximum atomic E-state index is 3.25. The highest BCUT2D eigenvalue weighted by Crippen LogP contribution is 2.24. The number of nitrogens with one attached hydrogen (secondary N) is 1. The van der Waals surface area contributed by atoms with Gasteiger partial charge >= 0.3 is 0 Å². The molecule has 90 valence electrons. The lowest BCUT2D eigenvalue weighted by molar-refractivity contribution is 0.202. The smallest absolute Gasteiger partial charge is 0.0107 e. The average molecular weight is 212 g/mol. The number of likely N-dealkylation sites (N-methyl/N-ethyl adjacent to an activating group) is 1. The Morgan fingerprint density at radius 1 is 1.13 bits per heavy atom. The van der Waals surface area contributed by atoms with Gasteiger partial charge in [-0.05, 0) is 38.8 Å². The lowest BCUT2D eigenvalue weighted by Gasteiger charge is -2.29. The van der Waals surface area contributed by atoms with Crippen LogP contribution in [0.25, 0.3) is 0 Å². The molecule has 2 heteroatoms. The zero-order valence-electron chi connectivity index (χ0n) is 10.6. The van der Waals surface area contributed by atoms with Crippen molar-refractivity contribution in [3.05, 3.63) is 0 Å². The highest BCUT2D eigenvalue weighted by Gasteiger charge is 2.16. The molecule has 0 aromatic heterocycles. The van der Waals surface area contributed by atoms with E-state index in [0.717, 1.165) is 12.5 Å². The van der Waals surface area contributed by atoms with Crippen LogP contribution in [-0.2, 0) is 0 Å². The molecule has 0 spiro atoms. The van der Waals surface area contributed by atoms with Crippen LogP contribution in [0.5, 0.6) is 0 Å². The van der Waals surface area contributed by atoms with Gasteiger partial charge < -0.3 is 10.2 Å². The first-order valence-electron chi connectivity index (χ1n) is 6.73. The van der Waals surface area contributed by atoms with Crippen LogP contribution in [0, 0.1) is 5.92 Å². The summed E-state index contributed by atoms with van der Waals surface area (Å²) in [7, 11) is 2.05. The summed E-state index contributed by atoms with van der Waals surface area (Å²) < 4.78 is 0. The maximum Gasteiger partial charge on any atom is 0.0107 e. The van der Waals surface area contributed by atoms with Crippen molar-refractivity contribution in [3.8, 4) is 0 Å². The highest BCUT2D eigenvalue weighted by atomic mass is 15.1. The van der Waals surface area contributed by atoms with Crippen LogP contribution in [0.1, 0.15) is 45.4 Å². The predicted molar refractivity (Wildman–Crippen MR) is 67.2 cm³/mol. The third-order valence-corrected chi connectivity index (χ3v) is 3.46. The van der Waals surface area contributed by atoms with Crippen molar-refractivity contribution in [1.82, 2.24) is 10.2 Å². The van der Waals surface area contributed by atoms with Gasteiger partial charge in [-0.2, -0.15) is 0 Å². The molecule has 0 amide bonds. The average Bonchev–Trinajstić information content (AvgIpc) is 2.28. The van der Waals surface area contributed by atoms with E-state index in [1.807, 2.05) is 7.05 Å². The van der Waals surface area contributed by atoms with Crippen LogP contribution in [0.3, 0.4) is 0 Å². The van der Waals surface area contributed by atoms with Crippen molar-refractivity contribution in [2.45, 2.75) is 45.4 Å². The van der Waals surface area contributed by atoms with Gasteiger partial charge in [0.1, 0.15) is 0 Å². The first-order valence-corrected chi connectivity index (χ1v) is 6.73. The summed E-state index contributed by atoms with van der Waals surface area (Å²) in [5.74, 6) is 0.988. The monoisotopic (exact) mass is 212 g/mol. The van der Waals surface area contributed by atoms with Crippen LogP contribution in [0.2, 0.25) is 0 Å². The molecule has 1 rings (SSSR count). The topological polar surface area (TPSA) is 15.3 Å². The molecule has 0 radical (unpaired) electrons. The van der Waals surface area contributed by atoms with Gasteiger partial charge in [0.2, 0.25) is 0 Å². The molecule has 0 unspecified atom stereocenters. The van der Waals surface area contributed by atoms with Crippen LogP contribution >= 0.6 is 0 Å². The van der Waals surface area contributed by atoms with E-state index in [4.69, 9.17) is 0 Å². The van der Waals surface area contributed by atoms with Gasteiger partial charge in [-0.15, -0.1) is 0 Å². The van der Waals surface area contributed by atoms with Crippen molar-refractivity contribution < 1.29 is 0 Å². The zero-order valence-corrected chi connectivity index (χ0v) is 10.6. The van der Waals surface area contributed by atoms with Gasteiger partial charge in [-0.3, -0.25) is 0 Å². The van der Waals surface area contributed by atoms with E-state index >= 15 is 0 Å². The Bertz CT molecular complexity index is 141. The summed E-state index contributed by atoms with van der Waals surface area (Å²) in [6.45, 7) is 7.26. The van der Waals surface area contributed by atoms with Crippen molar-refractivity contribution >= 4 is 0 Å². The molecule has 1 aliphatic rings. The standard InChI is InChI=1S/C13H28N2/c1-3-10-15(11-9-14-2)12-13-7-5-4-6-8-13/h13-14H,3-12H2,1-2H3. The summed E-state index contributed by atoms with van der Waals surface area (Å²) in [4.78, 5) is 2.65. The molecule has 0 heterocycles. The molecule has 1 N–H and O–H groups in total. The first kappa shape index (κ1) is 13.0. The van der Waals surface area contributed by atoms with E-state index in [1.165, 1.54) is 58.2 Å². The van der Waals surface area contributed by atoms with Crippen LogP contribution in [0.4, 0.5) is 0 Å². The number of nitrogens with zero attached hydrogens (tertiary/aromatic N) is 1. The van der Waals surface area contributed by atoms with Crippen LogP contribution < -0.4 is 5.32 Å². The maximum absolute atomic E-state index is 3.25. The van der Waals surface area contributed by atoms with Crippen molar-refractivity contribution in [2.75, 3.05) is 33.2 Å². The molecule has 0 aliphatic heterocycles. The lowest BCUT2D eigenvalue weighted by Crippen LogP contribution is -2.35. The number of hydrogen-bond donors (Lipinski definition) is 1. The van der Waals surface area contributed by atoms with Gasteiger partial charge in [-0.25, -0.2) is 0 Å². The first-order chi connectivity index (χ1) is 7.36. The second-order valence-electron chi connectivity index (χ2n) is 4.91. The molecule has 15 heavy (non-hydrogen) atoms. The summed E-state index contributed by atoms with van der Waals surface area (Å²) in [6.07, 6.45) is 8.64. The number of rotatable bonds is 7. The minimum atomic E-state index is 0.988. The Morgan fingerprint density at radius 3 is 2.47 bits per heavy atom.